The number of methoxy groups -OCH3 is 2. The molecule has 38 heavy (non-hydrogen) atoms. The fraction of sp³-hybridized carbons (Fsp3) is 0.444. The van der Waals surface area contributed by atoms with Gasteiger partial charge in [0.25, 0.3) is 0 Å². The summed E-state index contributed by atoms with van der Waals surface area (Å²) in [6.07, 6.45) is -0.550. The minimum absolute atomic E-state index is 0.0164. The first-order valence-electron chi connectivity index (χ1n) is 12.2. The lowest BCUT2D eigenvalue weighted by molar-refractivity contribution is 0.0830. The summed E-state index contributed by atoms with van der Waals surface area (Å²) in [7, 11) is 0.778. The van der Waals surface area contributed by atoms with Crippen molar-refractivity contribution in [3.63, 3.8) is 0 Å². The molecule has 1 heterocycles. The van der Waals surface area contributed by atoms with Crippen molar-refractivity contribution < 1.29 is 32.5 Å². The Morgan fingerprint density at radius 1 is 1.26 bits per heavy atom. The number of ether oxygens (including phenoxy) is 3. The Morgan fingerprint density at radius 2 is 1.97 bits per heavy atom. The summed E-state index contributed by atoms with van der Waals surface area (Å²) >= 11 is 0. The van der Waals surface area contributed by atoms with Crippen molar-refractivity contribution in [1.29, 1.82) is 0 Å². The van der Waals surface area contributed by atoms with Crippen molar-refractivity contribution >= 4 is 21.7 Å². The predicted molar refractivity (Wildman–Crippen MR) is 144 cm³/mol. The lowest BCUT2D eigenvalue weighted by Gasteiger charge is -2.37. The van der Waals surface area contributed by atoms with E-state index in [0.717, 1.165) is 0 Å². The van der Waals surface area contributed by atoms with Crippen LogP contribution >= 0.6 is 0 Å². The quantitative estimate of drug-likeness (QED) is 0.514. The molecule has 2 amide bonds. The number of likely N-dealkylation sites (N-methyl/N-ethyl adjacent to an activating group) is 1. The molecule has 11 heteroatoms. The lowest BCUT2D eigenvalue weighted by Crippen LogP contribution is -2.50. The van der Waals surface area contributed by atoms with Gasteiger partial charge in [0.1, 0.15) is 29.1 Å². The molecule has 1 aliphatic heterocycles. The number of aliphatic hydroxyl groups excluding tert-OH is 1. The Bertz CT molecular complexity index is 1270. The first-order chi connectivity index (χ1) is 18.1. The third-order valence-electron chi connectivity index (χ3n) is 6.26. The molecule has 10 nitrogen and oxygen atoms in total. The van der Waals surface area contributed by atoms with Gasteiger partial charge in [-0.2, -0.15) is 4.31 Å². The van der Waals surface area contributed by atoms with Gasteiger partial charge in [-0.15, -0.1) is 0 Å². The highest BCUT2D eigenvalue weighted by Crippen LogP contribution is 2.34. The molecule has 2 N–H and O–H groups in total. The third-order valence-corrected chi connectivity index (χ3v) is 8.28. The first-order valence-corrected chi connectivity index (χ1v) is 13.6. The number of fused-ring (bicyclic) bond motifs is 1. The summed E-state index contributed by atoms with van der Waals surface area (Å²) in [5.74, 6) is 6.29. The van der Waals surface area contributed by atoms with Crippen molar-refractivity contribution in [2.24, 2.45) is 5.92 Å². The van der Waals surface area contributed by atoms with Gasteiger partial charge in [0.2, 0.25) is 10.0 Å². The van der Waals surface area contributed by atoms with E-state index in [2.05, 4.69) is 17.2 Å². The van der Waals surface area contributed by atoms with Gasteiger partial charge < -0.3 is 29.5 Å². The number of benzene rings is 2. The van der Waals surface area contributed by atoms with Gasteiger partial charge in [0, 0.05) is 43.9 Å². The van der Waals surface area contributed by atoms with Crippen LogP contribution in [0.1, 0.15) is 19.4 Å². The Morgan fingerprint density at radius 3 is 2.61 bits per heavy atom. The van der Waals surface area contributed by atoms with Gasteiger partial charge in [-0.05, 0) is 49.4 Å². The molecular formula is C27H35N3O7S. The van der Waals surface area contributed by atoms with Crippen LogP contribution in [0.2, 0.25) is 0 Å². The summed E-state index contributed by atoms with van der Waals surface area (Å²) in [4.78, 5) is 14.4. The molecule has 0 saturated carbocycles. The number of anilines is 1. The van der Waals surface area contributed by atoms with Crippen molar-refractivity contribution in [2.45, 2.75) is 30.9 Å². The predicted octanol–water partition coefficient (Wildman–Crippen LogP) is 2.63. The number of nitrogens with zero attached hydrogens (tertiary/aromatic N) is 2. The maximum absolute atomic E-state index is 13.6. The number of urea groups is 1. The average molecular weight is 546 g/mol. The van der Waals surface area contributed by atoms with Crippen LogP contribution in [0, 0.1) is 17.8 Å². The maximum atomic E-state index is 13.6. The minimum Gasteiger partial charge on any atom is -0.497 e. The summed E-state index contributed by atoms with van der Waals surface area (Å²) in [5.41, 5.74) is 1.17. The molecule has 1 aliphatic rings. The highest BCUT2D eigenvalue weighted by Gasteiger charge is 2.38. The number of nitrogens with one attached hydrogen (secondary N) is 1. The standard InChI is InChI=1S/C27H35N3O7S/c1-19-16-30(20(2)18-31)38(33,34)26-13-8-21(7-6-14-35-4)15-24(26)37-25(19)17-29(3)27(32)28-22-9-11-23(36-5)12-10-22/h8-13,15,19-20,25,31H,14,16-18H2,1-5H3,(H,28,32)/t19-,20+,25-/m1/s1. The fourth-order valence-electron chi connectivity index (χ4n) is 3.98. The molecular weight excluding hydrogens is 510 g/mol. The van der Waals surface area contributed by atoms with Crippen molar-refractivity contribution in [2.75, 3.05) is 52.9 Å². The van der Waals surface area contributed by atoms with E-state index in [9.17, 15) is 18.3 Å². The second-order valence-electron chi connectivity index (χ2n) is 9.18. The molecule has 0 aliphatic carbocycles. The second-order valence-corrected chi connectivity index (χ2v) is 11.0. The van der Waals surface area contributed by atoms with Crippen LogP contribution in [0.3, 0.4) is 0 Å². The molecule has 2 aromatic carbocycles. The van der Waals surface area contributed by atoms with Crippen LogP contribution in [0.5, 0.6) is 11.5 Å². The molecule has 2 aromatic rings. The van der Waals surface area contributed by atoms with E-state index in [-0.39, 0.29) is 48.9 Å². The zero-order chi connectivity index (χ0) is 27.9. The maximum Gasteiger partial charge on any atom is 0.321 e. The number of carbonyl (C=O) groups excluding carboxylic acids is 1. The topological polar surface area (TPSA) is 118 Å². The largest absolute Gasteiger partial charge is 0.497 e. The van der Waals surface area contributed by atoms with Crippen LogP contribution in [0.4, 0.5) is 10.5 Å². The molecule has 3 rings (SSSR count). The van der Waals surface area contributed by atoms with E-state index in [1.54, 1.807) is 57.5 Å². The van der Waals surface area contributed by atoms with Crippen molar-refractivity contribution in [3.8, 4) is 23.3 Å². The molecule has 0 radical (unpaired) electrons. The Labute approximate surface area is 224 Å². The number of aliphatic hydroxyl groups is 1. The van der Waals surface area contributed by atoms with Gasteiger partial charge in [0.15, 0.2) is 0 Å². The number of hydrogen-bond acceptors (Lipinski definition) is 7. The minimum atomic E-state index is -3.97. The van der Waals surface area contributed by atoms with Gasteiger partial charge in [-0.1, -0.05) is 18.8 Å². The van der Waals surface area contributed by atoms with E-state index < -0.39 is 22.2 Å². The van der Waals surface area contributed by atoms with E-state index >= 15 is 0 Å². The van der Waals surface area contributed by atoms with Crippen molar-refractivity contribution in [1.82, 2.24) is 9.21 Å². The second kappa shape index (κ2) is 13.0. The first kappa shape index (κ1) is 29.3. The molecule has 206 valence electrons. The summed E-state index contributed by atoms with van der Waals surface area (Å²) in [6.45, 7) is 3.70. The molecule has 0 aromatic heterocycles. The van der Waals surface area contributed by atoms with E-state index in [4.69, 9.17) is 14.2 Å². The van der Waals surface area contributed by atoms with Gasteiger partial charge >= 0.3 is 6.03 Å². The molecule has 0 bridgehead atoms. The highest BCUT2D eigenvalue weighted by molar-refractivity contribution is 7.89. The smallest absolute Gasteiger partial charge is 0.321 e. The zero-order valence-electron chi connectivity index (χ0n) is 22.3. The van der Waals surface area contributed by atoms with Crippen molar-refractivity contribution in [3.05, 3.63) is 48.0 Å². The number of amides is 2. The number of sulfonamides is 1. The third kappa shape index (κ3) is 6.96. The van der Waals surface area contributed by atoms with Crippen LogP contribution < -0.4 is 14.8 Å². The molecule has 0 spiro atoms. The van der Waals surface area contributed by atoms with Crippen LogP contribution in [-0.2, 0) is 14.8 Å². The summed E-state index contributed by atoms with van der Waals surface area (Å²) in [6, 6.07) is 10.6. The fourth-order valence-corrected chi connectivity index (χ4v) is 5.80. The van der Waals surface area contributed by atoms with E-state index in [1.165, 1.54) is 22.4 Å². The number of hydrogen-bond donors (Lipinski definition) is 2. The van der Waals surface area contributed by atoms with Gasteiger partial charge in [0.05, 0.1) is 20.3 Å². The van der Waals surface area contributed by atoms with Crippen LogP contribution in [0.25, 0.3) is 0 Å². The molecule has 0 fully saturated rings. The Kier molecular flexibility index (Phi) is 9.99. The Hall–Kier alpha value is -3.30. The Balaban J connectivity index is 1.91. The van der Waals surface area contributed by atoms with Crippen LogP contribution in [-0.4, -0.2) is 88.5 Å². The summed E-state index contributed by atoms with van der Waals surface area (Å²) in [5, 5.41) is 12.6. The van der Waals surface area contributed by atoms with E-state index in [0.29, 0.717) is 17.0 Å². The van der Waals surface area contributed by atoms with Gasteiger partial charge in [-0.3, -0.25) is 0 Å². The summed E-state index contributed by atoms with van der Waals surface area (Å²) < 4.78 is 44.9. The number of rotatable bonds is 7. The van der Waals surface area contributed by atoms with E-state index in [1.807, 2.05) is 6.92 Å². The zero-order valence-corrected chi connectivity index (χ0v) is 23.1. The monoisotopic (exact) mass is 545 g/mol. The normalized spacial score (nSPS) is 19.4. The lowest BCUT2D eigenvalue weighted by atomic mass is 10.0. The highest BCUT2D eigenvalue weighted by atomic mass is 32.2. The number of carbonyl (C=O) groups is 1. The molecule has 0 saturated heterocycles. The van der Waals surface area contributed by atoms with Gasteiger partial charge in [-0.25, -0.2) is 13.2 Å². The molecule has 0 unspecified atom stereocenters. The molecule has 3 atom stereocenters. The average Bonchev–Trinajstić information content (AvgIpc) is 2.90. The SMILES string of the molecule is COCC#Cc1ccc2c(c1)O[C@H](CN(C)C(=O)Nc1ccc(OC)cc1)[C@H](C)CN([C@@H](C)CO)S2(=O)=O. The van der Waals surface area contributed by atoms with Crippen LogP contribution in [0.15, 0.2) is 47.4 Å².